The van der Waals surface area contributed by atoms with Crippen LogP contribution in [0, 0.1) is 11.8 Å². The van der Waals surface area contributed by atoms with Gasteiger partial charge >= 0.3 is 0 Å². The third kappa shape index (κ3) is 5.35. The van der Waals surface area contributed by atoms with E-state index in [1.54, 1.807) is 6.07 Å². The van der Waals surface area contributed by atoms with Crippen molar-refractivity contribution in [3.63, 3.8) is 0 Å². The van der Waals surface area contributed by atoms with Gasteiger partial charge in [0.2, 0.25) is 0 Å². The molecule has 2 bridgehead atoms. The quantitative estimate of drug-likeness (QED) is 0.556. The highest BCUT2D eigenvalue weighted by Crippen LogP contribution is 2.37. The Labute approximate surface area is 197 Å². The van der Waals surface area contributed by atoms with E-state index in [1.807, 2.05) is 42.5 Å². The van der Waals surface area contributed by atoms with Crippen LogP contribution in [-0.4, -0.2) is 36.0 Å². The van der Waals surface area contributed by atoms with Crippen molar-refractivity contribution < 1.29 is 9.53 Å². The van der Waals surface area contributed by atoms with Crippen LogP contribution >= 0.6 is 0 Å². The number of nitrogens with two attached hydrogens (primary N) is 1. The molecule has 2 aliphatic heterocycles. The van der Waals surface area contributed by atoms with Crippen molar-refractivity contribution in [1.82, 2.24) is 4.90 Å². The largest absolute Gasteiger partial charge is 0.490 e. The van der Waals surface area contributed by atoms with Gasteiger partial charge in [0, 0.05) is 37.0 Å². The first-order valence-corrected chi connectivity index (χ1v) is 12.8. The number of ether oxygens (including phenoxy) is 1. The van der Waals surface area contributed by atoms with Gasteiger partial charge in [-0.2, -0.15) is 0 Å². The van der Waals surface area contributed by atoms with E-state index in [-0.39, 0.29) is 12.0 Å². The molecule has 2 aromatic carbocycles. The molecule has 5 nitrogen and oxygen atoms in total. The van der Waals surface area contributed by atoms with Gasteiger partial charge in [-0.25, -0.2) is 0 Å². The lowest BCUT2D eigenvalue weighted by atomic mass is 9.86. The SMILES string of the molecule is Nc1ccccc1NC(=O)c1ccc(OC2CC3CCCC2CN3CC2CCCCC2)cc1. The summed E-state index contributed by atoms with van der Waals surface area (Å²) < 4.78 is 6.50. The van der Waals surface area contributed by atoms with Crippen LogP contribution in [-0.2, 0) is 0 Å². The van der Waals surface area contributed by atoms with E-state index in [4.69, 9.17) is 10.5 Å². The fourth-order valence-corrected chi connectivity index (χ4v) is 6.11. The average Bonchev–Trinajstić information content (AvgIpc) is 3.15. The number of anilines is 2. The first-order chi connectivity index (χ1) is 16.2. The molecule has 0 radical (unpaired) electrons. The second kappa shape index (κ2) is 10.2. The number of rotatable bonds is 6. The number of nitrogens with zero attached hydrogens (tertiary/aromatic N) is 1. The Morgan fingerprint density at radius 3 is 2.55 bits per heavy atom. The smallest absolute Gasteiger partial charge is 0.255 e. The van der Waals surface area contributed by atoms with Crippen LogP contribution in [0.3, 0.4) is 0 Å². The highest BCUT2D eigenvalue weighted by atomic mass is 16.5. The normalized spacial score (nSPS) is 26.0. The van der Waals surface area contributed by atoms with Crippen molar-refractivity contribution in [3.05, 3.63) is 54.1 Å². The number of fused-ring (bicyclic) bond motifs is 4. The molecule has 0 aromatic heterocycles. The van der Waals surface area contributed by atoms with Crippen molar-refractivity contribution in [2.24, 2.45) is 11.8 Å². The van der Waals surface area contributed by atoms with Crippen molar-refractivity contribution in [1.29, 1.82) is 0 Å². The second-order valence-corrected chi connectivity index (χ2v) is 10.3. The predicted molar refractivity (Wildman–Crippen MR) is 134 cm³/mol. The standard InChI is InChI=1S/C28H37N3O2/c29-25-11-4-5-12-26(25)30-28(32)21-13-15-24(16-14-21)33-27-17-23-10-6-9-22(27)19-31(23)18-20-7-2-1-3-8-20/h4-5,11-16,20,22-23,27H,1-3,6-10,17-19,29H2,(H,30,32). The molecule has 3 unspecified atom stereocenters. The summed E-state index contributed by atoms with van der Waals surface area (Å²) in [4.78, 5) is 15.4. The third-order valence-corrected chi connectivity index (χ3v) is 7.96. The summed E-state index contributed by atoms with van der Waals surface area (Å²) in [6.07, 6.45) is 12.4. The lowest BCUT2D eigenvalue weighted by Gasteiger charge is -2.43. The van der Waals surface area contributed by atoms with Gasteiger partial charge in [0.05, 0.1) is 11.4 Å². The number of nitrogens with one attached hydrogen (secondary N) is 1. The third-order valence-electron chi connectivity index (χ3n) is 7.96. The number of carbonyl (C=O) groups is 1. The number of piperidine rings is 1. The van der Waals surface area contributed by atoms with E-state index < -0.39 is 0 Å². The Morgan fingerprint density at radius 1 is 0.970 bits per heavy atom. The molecule has 0 spiro atoms. The molecule has 176 valence electrons. The number of amides is 1. The molecule has 5 heteroatoms. The molecule has 2 saturated carbocycles. The van der Waals surface area contributed by atoms with Gasteiger partial charge in [-0.15, -0.1) is 0 Å². The van der Waals surface area contributed by atoms with Crippen LogP contribution in [0.25, 0.3) is 0 Å². The molecule has 6 rings (SSSR count). The van der Waals surface area contributed by atoms with Gasteiger partial charge in [-0.05, 0) is 68.0 Å². The van der Waals surface area contributed by atoms with E-state index in [0.717, 1.165) is 18.1 Å². The van der Waals surface area contributed by atoms with Crippen LogP contribution in [0.1, 0.15) is 68.1 Å². The number of para-hydroxylation sites is 2. The zero-order chi connectivity index (χ0) is 22.6. The monoisotopic (exact) mass is 447 g/mol. The van der Waals surface area contributed by atoms with Gasteiger partial charge in [-0.3, -0.25) is 9.69 Å². The summed E-state index contributed by atoms with van der Waals surface area (Å²) in [6, 6.07) is 15.5. The lowest BCUT2D eigenvalue weighted by molar-refractivity contribution is 0.0103. The Balaban J connectivity index is 1.18. The molecule has 1 amide bonds. The lowest BCUT2D eigenvalue weighted by Crippen LogP contribution is -2.50. The second-order valence-electron chi connectivity index (χ2n) is 10.3. The molecular weight excluding hydrogens is 410 g/mol. The highest BCUT2D eigenvalue weighted by Gasteiger charge is 2.40. The summed E-state index contributed by atoms with van der Waals surface area (Å²) in [5, 5.41) is 2.89. The highest BCUT2D eigenvalue weighted by molar-refractivity contribution is 6.05. The van der Waals surface area contributed by atoms with E-state index in [0.29, 0.717) is 28.9 Å². The summed E-state index contributed by atoms with van der Waals surface area (Å²) in [5.41, 5.74) is 7.74. The number of hydrogen-bond donors (Lipinski definition) is 2. The molecule has 3 atom stereocenters. The Bertz CT molecular complexity index is 938. The number of carbonyl (C=O) groups excluding carboxylic acids is 1. The number of benzene rings is 2. The summed E-state index contributed by atoms with van der Waals surface area (Å²) in [7, 11) is 0. The van der Waals surface area contributed by atoms with Crippen LogP contribution in [0.15, 0.2) is 48.5 Å². The van der Waals surface area contributed by atoms with Crippen molar-refractivity contribution in [2.75, 3.05) is 24.1 Å². The van der Waals surface area contributed by atoms with Crippen molar-refractivity contribution in [2.45, 2.75) is 69.9 Å². The fourth-order valence-electron chi connectivity index (χ4n) is 6.11. The Hall–Kier alpha value is -2.53. The minimum atomic E-state index is -0.161. The van der Waals surface area contributed by atoms with Crippen LogP contribution in [0.5, 0.6) is 5.75 Å². The fraction of sp³-hybridized carbons (Fsp3) is 0.536. The van der Waals surface area contributed by atoms with Gasteiger partial charge < -0.3 is 15.8 Å². The maximum atomic E-state index is 12.6. The zero-order valence-corrected chi connectivity index (χ0v) is 19.5. The molecule has 2 aromatic rings. The Kier molecular flexibility index (Phi) is 6.86. The summed E-state index contributed by atoms with van der Waals surface area (Å²) >= 11 is 0. The van der Waals surface area contributed by atoms with E-state index in [1.165, 1.54) is 64.5 Å². The molecule has 3 N–H and O–H groups in total. The minimum Gasteiger partial charge on any atom is -0.490 e. The molecule has 33 heavy (non-hydrogen) atoms. The first-order valence-electron chi connectivity index (χ1n) is 12.8. The topological polar surface area (TPSA) is 67.6 Å². The van der Waals surface area contributed by atoms with Crippen LogP contribution in [0.2, 0.25) is 0 Å². The van der Waals surface area contributed by atoms with Crippen molar-refractivity contribution >= 4 is 17.3 Å². The Morgan fingerprint density at radius 2 is 1.76 bits per heavy atom. The van der Waals surface area contributed by atoms with Gasteiger partial charge in [0.1, 0.15) is 11.9 Å². The molecule has 4 aliphatic rings. The minimum absolute atomic E-state index is 0.161. The zero-order valence-electron chi connectivity index (χ0n) is 19.5. The maximum absolute atomic E-state index is 12.6. The van der Waals surface area contributed by atoms with E-state index >= 15 is 0 Å². The van der Waals surface area contributed by atoms with E-state index in [9.17, 15) is 4.79 Å². The summed E-state index contributed by atoms with van der Waals surface area (Å²) in [6.45, 7) is 2.48. The van der Waals surface area contributed by atoms with Crippen LogP contribution < -0.4 is 15.8 Å². The van der Waals surface area contributed by atoms with Gasteiger partial charge in [0.15, 0.2) is 0 Å². The van der Waals surface area contributed by atoms with Gasteiger partial charge in [-0.1, -0.05) is 37.8 Å². The number of hydrogen-bond acceptors (Lipinski definition) is 4. The molecule has 4 fully saturated rings. The van der Waals surface area contributed by atoms with E-state index in [2.05, 4.69) is 10.2 Å². The maximum Gasteiger partial charge on any atom is 0.255 e. The molecule has 2 saturated heterocycles. The summed E-state index contributed by atoms with van der Waals surface area (Å²) in [5.74, 6) is 2.22. The predicted octanol–water partition coefficient (Wildman–Crippen LogP) is 5.72. The van der Waals surface area contributed by atoms with Crippen molar-refractivity contribution in [3.8, 4) is 5.75 Å². The molecule has 2 aliphatic carbocycles. The average molecular weight is 448 g/mol. The first kappa shape index (κ1) is 22.3. The molecule has 2 heterocycles. The number of nitrogen functional groups attached to an aromatic ring is 1. The van der Waals surface area contributed by atoms with Crippen LogP contribution in [0.4, 0.5) is 11.4 Å². The molecular formula is C28H37N3O2. The van der Waals surface area contributed by atoms with Gasteiger partial charge in [0.25, 0.3) is 5.91 Å².